The van der Waals surface area contributed by atoms with Crippen molar-refractivity contribution in [1.29, 1.82) is 0 Å². The molecule has 2 nitrogen and oxygen atoms in total. The van der Waals surface area contributed by atoms with E-state index in [1.165, 1.54) is 12.1 Å². The minimum Gasteiger partial charge on any atom is -0.508 e. The Morgan fingerprint density at radius 3 is 2.21 bits per heavy atom. The third-order valence-electron chi connectivity index (χ3n) is 2.52. The van der Waals surface area contributed by atoms with Crippen LogP contribution >= 0.6 is 23.2 Å². The van der Waals surface area contributed by atoms with Crippen molar-refractivity contribution in [2.75, 3.05) is 0 Å². The molecule has 19 heavy (non-hydrogen) atoms. The zero-order chi connectivity index (χ0) is 13.8. The maximum Gasteiger partial charge on any atom is 0.164 e. The van der Waals surface area contributed by atoms with E-state index in [9.17, 15) is 5.11 Å². The number of phenols is 1. The third kappa shape index (κ3) is 3.22. The Bertz CT molecular complexity index is 584. The number of aromatic hydroxyl groups is 1. The van der Waals surface area contributed by atoms with Crippen molar-refractivity contribution >= 4 is 29.0 Å². The van der Waals surface area contributed by atoms with Crippen molar-refractivity contribution in [3.63, 3.8) is 0 Å². The standard InChI is InChI=1S/C15H12Cl2O2/c1-2-14(10-6-4-3-5-7-10)19-15-12(16)8-11(18)9-13(15)17/h2-9,18H,1H3. The van der Waals surface area contributed by atoms with Crippen molar-refractivity contribution < 1.29 is 9.84 Å². The molecule has 2 aromatic carbocycles. The molecule has 98 valence electrons. The SMILES string of the molecule is CC=C(Oc1c(Cl)cc(O)cc1Cl)c1ccccc1. The van der Waals surface area contributed by atoms with Crippen LogP contribution in [0.25, 0.3) is 5.76 Å². The molecule has 0 aliphatic heterocycles. The Morgan fingerprint density at radius 2 is 1.68 bits per heavy atom. The lowest BCUT2D eigenvalue weighted by Gasteiger charge is -2.13. The van der Waals surface area contributed by atoms with Gasteiger partial charge in [0.05, 0.1) is 10.0 Å². The first kappa shape index (κ1) is 13.8. The molecule has 0 fully saturated rings. The second kappa shape index (κ2) is 6.00. The zero-order valence-electron chi connectivity index (χ0n) is 10.2. The van der Waals surface area contributed by atoms with E-state index in [1.807, 2.05) is 43.3 Å². The zero-order valence-corrected chi connectivity index (χ0v) is 11.7. The number of rotatable bonds is 3. The van der Waals surface area contributed by atoms with Crippen LogP contribution in [0.4, 0.5) is 0 Å². The molecular weight excluding hydrogens is 283 g/mol. The van der Waals surface area contributed by atoms with E-state index < -0.39 is 0 Å². The summed E-state index contributed by atoms with van der Waals surface area (Å²) in [4.78, 5) is 0. The molecule has 2 aromatic rings. The Hall–Kier alpha value is -1.64. The summed E-state index contributed by atoms with van der Waals surface area (Å²) >= 11 is 12.1. The Balaban J connectivity index is 2.35. The van der Waals surface area contributed by atoms with Gasteiger partial charge < -0.3 is 9.84 Å². The summed E-state index contributed by atoms with van der Waals surface area (Å²) in [6, 6.07) is 12.4. The molecule has 4 heteroatoms. The lowest BCUT2D eigenvalue weighted by Crippen LogP contribution is -1.96. The molecule has 2 rings (SSSR count). The van der Waals surface area contributed by atoms with Gasteiger partial charge in [0.15, 0.2) is 5.75 Å². The van der Waals surface area contributed by atoms with Gasteiger partial charge in [0.2, 0.25) is 0 Å². The molecule has 0 aromatic heterocycles. The molecule has 0 radical (unpaired) electrons. The van der Waals surface area contributed by atoms with E-state index in [4.69, 9.17) is 27.9 Å². The van der Waals surface area contributed by atoms with Crippen LogP contribution < -0.4 is 4.74 Å². The third-order valence-corrected chi connectivity index (χ3v) is 3.08. The van der Waals surface area contributed by atoms with Crippen LogP contribution in [0.15, 0.2) is 48.5 Å². The number of halogens is 2. The van der Waals surface area contributed by atoms with Gasteiger partial charge in [0.25, 0.3) is 0 Å². The van der Waals surface area contributed by atoms with Crippen LogP contribution in [0, 0.1) is 0 Å². The molecule has 0 heterocycles. The van der Waals surface area contributed by atoms with Crippen molar-refractivity contribution in [1.82, 2.24) is 0 Å². The van der Waals surface area contributed by atoms with Gasteiger partial charge >= 0.3 is 0 Å². The van der Waals surface area contributed by atoms with E-state index in [0.29, 0.717) is 11.5 Å². The molecule has 1 N–H and O–H groups in total. The van der Waals surface area contributed by atoms with E-state index >= 15 is 0 Å². The predicted octanol–water partition coefficient (Wildman–Crippen LogP) is 5.14. The van der Waals surface area contributed by atoms with Gasteiger partial charge in [-0.2, -0.15) is 0 Å². The highest BCUT2D eigenvalue weighted by Crippen LogP contribution is 2.38. The largest absolute Gasteiger partial charge is 0.508 e. The Kier molecular flexibility index (Phi) is 4.35. The molecule has 0 saturated heterocycles. The number of allylic oxidation sites excluding steroid dienone is 1. The number of benzene rings is 2. The summed E-state index contributed by atoms with van der Waals surface area (Å²) in [7, 11) is 0. The van der Waals surface area contributed by atoms with Crippen molar-refractivity contribution in [2.24, 2.45) is 0 Å². The van der Waals surface area contributed by atoms with E-state index in [1.54, 1.807) is 0 Å². The average molecular weight is 295 g/mol. The van der Waals surface area contributed by atoms with E-state index in [0.717, 1.165) is 5.56 Å². The van der Waals surface area contributed by atoms with Gasteiger partial charge in [-0.15, -0.1) is 0 Å². The second-order valence-electron chi connectivity index (χ2n) is 3.86. The van der Waals surface area contributed by atoms with Gasteiger partial charge in [-0.05, 0) is 13.0 Å². The quantitative estimate of drug-likeness (QED) is 0.794. The molecule has 0 aliphatic carbocycles. The fraction of sp³-hybridized carbons (Fsp3) is 0.0667. The predicted molar refractivity (Wildman–Crippen MR) is 78.8 cm³/mol. The summed E-state index contributed by atoms with van der Waals surface area (Å²) in [5.74, 6) is 0.984. The van der Waals surface area contributed by atoms with Gasteiger partial charge in [0, 0.05) is 17.7 Å². The van der Waals surface area contributed by atoms with Crippen LogP contribution in [0.2, 0.25) is 10.0 Å². The van der Waals surface area contributed by atoms with Gasteiger partial charge in [0.1, 0.15) is 11.5 Å². The summed E-state index contributed by atoms with van der Waals surface area (Å²) in [6.45, 7) is 1.87. The number of hydrogen-bond donors (Lipinski definition) is 1. The van der Waals surface area contributed by atoms with Crippen LogP contribution in [-0.4, -0.2) is 5.11 Å². The van der Waals surface area contributed by atoms with Gasteiger partial charge in [-0.1, -0.05) is 53.5 Å². The molecule has 0 bridgehead atoms. The monoisotopic (exact) mass is 294 g/mol. The number of ether oxygens (including phenoxy) is 1. The molecule has 0 aliphatic rings. The average Bonchev–Trinajstić information content (AvgIpc) is 2.39. The highest BCUT2D eigenvalue weighted by molar-refractivity contribution is 6.37. The summed E-state index contributed by atoms with van der Waals surface area (Å²) < 4.78 is 5.75. The van der Waals surface area contributed by atoms with Crippen molar-refractivity contribution in [3.8, 4) is 11.5 Å². The lowest BCUT2D eigenvalue weighted by molar-refractivity contribution is 0.471. The minimum atomic E-state index is 0.00379. The maximum absolute atomic E-state index is 9.39. The molecule has 0 atom stereocenters. The number of phenolic OH excluding ortho intramolecular Hbond substituents is 1. The van der Waals surface area contributed by atoms with Crippen LogP contribution in [-0.2, 0) is 0 Å². The first-order chi connectivity index (χ1) is 9.11. The molecule has 0 amide bonds. The Morgan fingerprint density at radius 1 is 1.11 bits per heavy atom. The molecular formula is C15H12Cl2O2. The Labute approximate surface area is 121 Å². The fourth-order valence-corrected chi connectivity index (χ4v) is 2.19. The van der Waals surface area contributed by atoms with Gasteiger partial charge in [-0.25, -0.2) is 0 Å². The summed E-state index contributed by atoms with van der Waals surface area (Å²) in [5.41, 5.74) is 0.921. The van der Waals surface area contributed by atoms with Crippen molar-refractivity contribution in [3.05, 3.63) is 64.1 Å². The highest BCUT2D eigenvalue weighted by Gasteiger charge is 2.12. The first-order valence-corrected chi connectivity index (χ1v) is 6.45. The summed E-state index contributed by atoms with van der Waals surface area (Å²) in [5, 5.41) is 9.92. The topological polar surface area (TPSA) is 29.5 Å². The maximum atomic E-state index is 9.39. The molecule has 0 saturated carbocycles. The van der Waals surface area contributed by atoms with Crippen molar-refractivity contribution in [2.45, 2.75) is 6.92 Å². The molecule has 0 unspecified atom stereocenters. The lowest BCUT2D eigenvalue weighted by atomic mass is 10.2. The number of hydrogen-bond acceptors (Lipinski definition) is 2. The van der Waals surface area contributed by atoms with E-state index in [2.05, 4.69) is 0 Å². The fourth-order valence-electron chi connectivity index (χ4n) is 1.64. The summed E-state index contributed by atoms with van der Waals surface area (Å²) in [6.07, 6.45) is 1.83. The van der Waals surface area contributed by atoms with Crippen LogP contribution in [0.5, 0.6) is 11.5 Å². The van der Waals surface area contributed by atoms with Crippen LogP contribution in [0.3, 0.4) is 0 Å². The van der Waals surface area contributed by atoms with Crippen LogP contribution in [0.1, 0.15) is 12.5 Å². The second-order valence-corrected chi connectivity index (χ2v) is 4.67. The van der Waals surface area contributed by atoms with Gasteiger partial charge in [-0.3, -0.25) is 0 Å². The smallest absolute Gasteiger partial charge is 0.164 e. The first-order valence-electron chi connectivity index (χ1n) is 5.69. The highest BCUT2D eigenvalue weighted by atomic mass is 35.5. The van der Waals surface area contributed by atoms with E-state index in [-0.39, 0.29) is 15.8 Å². The molecule has 0 spiro atoms. The minimum absolute atomic E-state index is 0.00379. The normalized spacial score (nSPS) is 11.4.